The quantitative estimate of drug-likeness (QED) is 0.919. The Morgan fingerprint density at radius 3 is 2.67 bits per heavy atom. The highest BCUT2D eigenvalue weighted by molar-refractivity contribution is 7.90. The van der Waals surface area contributed by atoms with E-state index in [1.54, 1.807) is 4.31 Å². The Morgan fingerprint density at radius 1 is 1.24 bits per heavy atom. The first kappa shape index (κ1) is 13.7. The standard InChI is InChI=1S/C14H22N4O2S/c1-14(6-7-14)21(19,20)18-8-2-3-11(9-18)13-15-12(16-17-13)10-4-5-10/h10-11H,2-9H2,1H3,(H,15,16,17)/t11-/m0/s1. The Bertz CT molecular complexity index is 646. The topological polar surface area (TPSA) is 79.0 Å². The van der Waals surface area contributed by atoms with Crippen molar-refractivity contribution in [2.45, 2.75) is 62.0 Å². The second-order valence-corrected chi connectivity index (χ2v) is 9.46. The summed E-state index contributed by atoms with van der Waals surface area (Å²) in [6.45, 7) is 3.05. The number of nitrogens with one attached hydrogen (secondary N) is 1. The van der Waals surface area contributed by atoms with Crippen LogP contribution in [0.3, 0.4) is 0 Å². The summed E-state index contributed by atoms with van der Waals surface area (Å²) in [5.74, 6) is 2.48. The van der Waals surface area contributed by atoms with Crippen LogP contribution in [0.2, 0.25) is 0 Å². The minimum Gasteiger partial charge on any atom is -0.263 e. The molecule has 0 spiro atoms. The zero-order valence-electron chi connectivity index (χ0n) is 12.4. The van der Waals surface area contributed by atoms with Gasteiger partial charge in [0.05, 0.1) is 4.75 Å². The molecule has 116 valence electrons. The number of piperidine rings is 1. The van der Waals surface area contributed by atoms with Crippen LogP contribution >= 0.6 is 0 Å². The molecule has 0 amide bonds. The van der Waals surface area contributed by atoms with Crippen LogP contribution in [0.4, 0.5) is 0 Å². The molecule has 1 aromatic heterocycles. The average Bonchev–Trinajstić information content (AvgIpc) is 3.40. The second-order valence-electron chi connectivity index (χ2n) is 7.01. The number of rotatable bonds is 4. The highest BCUT2D eigenvalue weighted by Gasteiger charge is 2.53. The third kappa shape index (κ3) is 2.30. The Balaban J connectivity index is 1.52. The van der Waals surface area contributed by atoms with Crippen LogP contribution in [0.25, 0.3) is 0 Å². The number of hydrogen-bond acceptors (Lipinski definition) is 4. The number of aromatic amines is 1. The molecule has 2 heterocycles. The van der Waals surface area contributed by atoms with E-state index in [4.69, 9.17) is 0 Å². The van der Waals surface area contributed by atoms with Crippen LogP contribution in [0.5, 0.6) is 0 Å². The molecule has 21 heavy (non-hydrogen) atoms. The first-order chi connectivity index (χ1) is 9.99. The molecule has 1 aliphatic heterocycles. The highest BCUT2D eigenvalue weighted by Crippen LogP contribution is 2.46. The molecule has 1 saturated heterocycles. The molecule has 3 aliphatic rings. The van der Waals surface area contributed by atoms with Gasteiger partial charge >= 0.3 is 0 Å². The molecule has 3 fully saturated rings. The summed E-state index contributed by atoms with van der Waals surface area (Å²) in [4.78, 5) is 4.60. The predicted molar refractivity (Wildman–Crippen MR) is 78.5 cm³/mol. The van der Waals surface area contributed by atoms with E-state index in [1.807, 2.05) is 6.92 Å². The van der Waals surface area contributed by atoms with Crippen molar-refractivity contribution in [1.29, 1.82) is 0 Å². The average molecular weight is 310 g/mol. The maximum absolute atomic E-state index is 12.6. The Kier molecular flexibility index (Phi) is 2.95. The van der Waals surface area contributed by atoms with Crippen molar-refractivity contribution in [3.05, 3.63) is 11.6 Å². The van der Waals surface area contributed by atoms with Crippen molar-refractivity contribution in [2.24, 2.45) is 0 Å². The Labute approximate surface area is 125 Å². The van der Waals surface area contributed by atoms with Crippen molar-refractivity contribution in [1.82, 2.24) is 19.5 Å². The number of aromatic nitrogens is 3. The smallest absolute Gasteiger partial charge is 0.219 e. The van der Waals surface area contributed by atoms with E-state index < -0.39 is 14.8 Å². The fraction of sp³-hybridized carbons (Fsp3) is 0.857. The van der Waals surface area contributed by atoms with E-state index >= 15 is 0 Å². The van der Waals surface area contributed by atoms with E-state index in [0.717, 1.165) is 37.3 Å². The van der Waals surface area contributed by atoms with Gasteiger partial charge in [0.2, 0.25) is 10.0 Å². The molecule has 0 aromatic carbocycles. The minimum absolute atomic E-state index is 0.139. The molecule has 1 N–H and O–H groups in total. The van der Waals surface area contributed by atoms with Crippen LogP contribution in [-0.4, -0.2) is 45.7 Å². The summed E-state index contributed by atoms with van der Waals surface area (Å²) in [6.07, 6.45) is 5.85. The van der Waals surface area contributed by atoms with Gasteiger partial charge in [-0.3, -0.25) is 5.10 Å². The van der Waals surface area contributed by atoms with Gasteiger partial charge in [0, 0.05) is 24.9 Å². The molecule has 6 nitrogen and oxygen atoms in total. The Morgan fingerprint density at radius 2 is 2.00 bits per heavy atom. The van der Waals surface area contributed by atoms with Gasteiger partial charge in [-0.25, -0.2) is 17.7 Å². The monoisotopic (exact) mass is 310 g/mol. The van der Waals surface area contributed by atoms with Crippen molar-refractivity contribution >= 4 is 10.0 Å². The molecular weight excluding hydrogens is 288 g/mol. The lowest BCUT2D eigenvalue weighted by Gasteiger charge is -2.32. The highest BCUT2D eigenvalue weighted by atomic mass is 32.2. The van der Waals surface area contributed by atoms with Crippen molar-refractivity contribution in [3.8, 4) is 0 Å². The molecule has 1 atom stereocenters. The largest absolute Gasteiger partial charge is 0.263 e. The van der Waals surface area contributed by atoms with Crippen molar-refractivity contribution in [3.63, 3.8) is 0 Å². The minimum atomic E-state index is -3.16. The third-order valence-electron chi connectivity index (χ3n) is 5.15. The Hall–Kier alpha value is -0.950. The van der Waals surface area contributed by atoms with E-state index in [-0.39, 0.29) is 5.92 Å². The summed E-state index contributed by atoms with van der Waals surface area (Å²) < 4.78 is 26.5. The number of sulfonamides is 1. The molecule has 1 aromatic rings. The number of nitrogens with zero attached hydrogens (tertiary/aromatic N) is 3. The lowest BCUT2D eigenvalue weighted by molar-refractivity contribution is 0.306. The van der Waals surface area contributed by atoms with Gasteiger partial charge < -0.3 is 0 Å². The zero-order chi connectivity index (χ0) is 14.7. The fourth-order valence-corrected chi connectivity index (χ4v) is 5.11. The summed E-state index contributed by atoms with van der Waals surface area (Å²) >= 11 is 0. The van der Waals surface area contributed by atoms with Gasteiger partial charge in [0.1, 0.15) is 5.82 Å². The lowest BCUT2D eigenvalue weighted by Crippen LogP contribution is -2.44. The van der Waals surface area contributed by atoms with Crippen molar-refractivity contribution in [2.75, 3.05) is 13.1 Å². The predicted octanol–water partition coefficient (Wildman–Crippen LogP) is 1.74. The van der Waals surface area contributed by atoms with Gasteiger partial charge in [-0.15, -0.1) is 0 Å². The van der Waals surface area contributed by atoms with Crippen LogP contribution in [-0.2, 0) is 10.0 Å². The van der Waals surface area contributed by atoms with Crippen LogP contribution in [0.1, 0.15) is 68.9 Å². The van der Waals surface area contributed by atoms with E-state index in [9.17, 15) is 8.42 Å². The van der Waals surface area contributed by atoms with Gasteiger partial charge in [-0.2, -0.15) is 5.10 Å². The second kappa shape index (κ2) is 4.52. The molecule has 2 saturated carbocycles. The summed E-state index contributed by atoms with van der Waals surface area (Å²) in [7, 11) is -3.16. The molecular formula is C14H22N4O2S. The summed E-state index contributed by atoms with van der Waals surface area (Å²) in [5, 5.41) is 7.37. The fourth-order valence-electron chi connectivity index (χ4n) is 3.13. The molecule has 0 radical (unpaired) electrons. The maximum atomic E-state index is 12.6. The first-order valence-corrected chi connectivity index (χ1v) is 9.35. The van der Waals surface area contributed by atoms with Gasteiger partial charge in [-0.05, 0) is 45.4 Å². The normalized spacial score (nSPS) is 29.5. The van der Waals surface area contributed by atoms with Crippen molar-refractivity contribution < 1.29 is 8.42 Å². The van der Waals surface area contributed by atoms with E-state index in [1.165, 1.54) is 12.8 Å². The summed E-state index contributed by atoms with van der Waals surface area (Å²) in [5.41, 5.74) is 0. The van der Waals surface area contributed by atoms with Gasteiger partial charge in [0.25, 0.3) is 0 Å². The maximum Gasteiger partial charge on any atom is 0.219 e. The SMILES string of the molecule is CC1(S(=O)(=O)N2CCC[C@H](c3n[nH]c(C4CC4)n3)C2)CC1. The molecule has 0 bridgehead atoms. The molecule has 4 rings (SSSR count). The third-order valence-corrected chi connectivity index (χ3v) is 7.82. The number of H-pyrrole nitrogens is 1. The van der Waals surface area contributed by atoms with Crippen LogP contribution in [0, 0.1) is 0 Å². The van der Waals surface area contributed by atoms with E-state index in [0.29, 0.717) is 19.0 Å². The first-order valence-electron chi connectivity index (χ1n) is 7.91. The van der Waals surface area contributed by atoms with E-state index in [2.05, 4.69) is 15.2 Å². The summed E-state index contributed by atoms with van der Waals surface area (Å²) in [6, 6.07) is 0. The molecule has 0 unspecified atom stereocenters. The van der Waals surface area contributed by atoms with Gasteiger partial charge in [-0.1, -0.05) is 0 Å². The lowest BCUT2D eigenvalue weighted by atomic mass is 9.99. The van der Waals surface area contributed by atoms with Crippen LogP contribution in [0.15, 0.2) is 0 Å². The van der Waals surface area contributed by atoms with Gasteiger partial charge in [0.15, 0.2) is 5.82 Å². The van der Waals surface area contributed by atoms with Crippen LogP contribution < -0.4 is 0 Å². The number of hydrogen-bond donors (Lipinski definition) is 1. The molecule has 7 heteroatoms. The zero-order valence-corrected chi connectivity index (χ0v) is 13.2. The molecule has 2 aliphatic carbocycles.